The third-order valence-corrected chi connectivity index (χ3v) is 8.12. The molecule has 2 nitrogen and oxygen atoms in total. The second kappa shape index (κ2) is 20.1. The molecular weight excluding hydrogens is 433 g/mol. The number of aliphatic hydroxyl groups excluding tert-OH is 1. The van der Waals surface area contributed by atoms with Gasteiger partial charge in [0.15, 0.2) is 0 Å². The Hall–Kier alpha value is -0.120. The molecule has 0 amide bonds. The van der Waals surface area contributed by atoms with Crippen LogP contribution in [0.4, 0.5) is 4.39 Å². The highest BCUT2D eigenvalue weighted by molar-refractivity contribution is 6.20. The van der Waals surface area contributed by atoms with Crippen LogP contribution in [0.15, 0.2) is 12.2 Å². The van der Waals surface area contributed by atoms with Crippen molar-refractivity contribution in [1.29, 1.82) is 0 Å². The maximum Gasteiger partial charge on any atom is 0.0894 e. The second-order valence-electron chi connectivity index (χ2n) is 10.8. The van der Waals surface area contributed by atoms with Gasteiger partial charge >= 0.3 is 0 Å². The minimum absolute atomic E-state index is 0.0388. The van der Waals surface area contributed by atoms with Crippen LogP contribution in [0.2, 0.25) is 0 Å². The van der Waals surface area contributed by atoms with Gasteiger partial charge in [-0.25, -0.2) is 0 Å². The van der Waals surface area contributed by atoms with E-state index in [0.29, 0.717) is 35.6 Å². The molecule has 2 N–H and O–H groups in total. The number of hydrogen-bond acceptors (Lipinski definition) is 2. The van der Waals surface area contributed by atoms with E-state index >= 15 is 0 Å². The lowest BCUT2D eigenvalue weighted by Crippen LogP contribution is -2.47. The molecule has 6 unspecified atom stereocenters. The van der Waals surface area contributed by atoms with Gasteiger partial charge in [0, 0.05) is 17.5 Å². The normalized spacial score (nSPS) is 18.9. The highest BCUT2D eigenvalue weighted by Crippen LogP contribution is 2.26. The molecular formula is C29H57ClFNO. The largest absolute Gasteiger partial charge is 0.387 e. The number of alkyl halides is 2. The molecule has 0 radical (unpaired) electrons. The third-order valence-electron chi connectivity index (χ3n) is 7.38. The number of rotatable bonds is 21. The Morgan fingerprint density at radius 1 is 0.909 bits per heavy atom. The fourth-order valence-corrected chi connectivity index (χ4v) is 5.17. The summed E-state index contributed by atoms with van der Waals surface area (Å²) in [4.78, 5) is 0. The molecule has 33 heavy (non-hydrogen) atoms. The first-order valence-corrected chi connectivity index (χ1v) is 14.4. The van der Waals surface area contributed by atoms with Crippen LogP contribution in [-0.2, 0) is 0 Å². The minimum Gasteiger partial charge on any atom is -0.387 e. The second-order valence-corrected chi connectivity index (χ2v) is 11.4. The van der Waals surface area contributed by atoms with Gasteiger partial charge in [0.05, 0.1) is 12.8 Å². The summed E-state index contributed by atoms with van der Waals surface area (Å²) in [5.41, 5.74) is 0. The Kier molecular flexibility index (Phi) is 20.0. The Balaban J connectivity index is 4.65. The molecule has 0 saturated carbocycles. The molecule has 0 aliphatic rings. The fraction of sp³-hybridized carbons (Fsp3) is 0.931. The van der Waals surface area contributed by atoms with Crippen molar-refractivity contribution < 1.29 is 9.50 Å². The molecule has 0 saturated heterocycles. The van der Waals surface area contributed by atoms with Crippen molar-refractivity contribution in [3.8, 4) is 0 Å². The van der Waals surface area contributed by atoms with Crippen molar-refractivity contribution in [1.82, 2.24) is 5.32 Å². The fourth-order valence-electron chi connectivity index (χ4n) is 5.05. The Morgan fingerprint density at radius 3 is 2.15 bits per heavy atom. The molecule has 4 heteroatoms. The van der Waals surface area contributed by atoms with Crippen LogP contribution in [0.5, 0.6) is 0 Å². The Labute approximate surface area is 211 Å². The van der Waals surface area contributed by atoms with Crippen molar-refractivity contribution >= 4 is 11.6 Å². The lowest BCUT2D eigenvalue weighted by Gasteiger charge is -2.31. The maximum absolute atomic E-state index is 12.6. The first kappa shape index (κ1) is 32.9. The smallest absolute Gasteiger partial charge is 0.0894 e. The van der Waals surface area contributed by atoms with E-state index in [-0.39, 0.29) is 12.7 Å². The molecule has 0 spiro atoms. The molecule has 0 aromatic carbocycles. The first-order valence-electron chi connectivity index (χ1n) is 14.0. The third kappa shape index (κ3) is 15.5. The summed E-state index contributed by atoms with van der Waals surface area (Å²) in [6.07, 6.45) is 15.7. The topological polar surface area (TPSA) is 32.3 Å². The standard InChI is InChI=1S/C29H57ClFNO/c1-8-14-26(19-18-23(6)27(30)10-3)15-11-12-17-28(33)29(22(4)5)32-24(7)21-25(9-2)16-13-20-31/h12,17,22-29,32-33H,8-11,13-16,18-21H2,1-7H3/b17-12-/t23?,24?,25?,26?,27?,28?,29-/m1/s1. The van der Waals surface area contributed by atoms with Gasteiger partial charge in [-0.3, -0.25) is 4.39 Å². The van der Waals surface area contributed by atoms with E-state index in [1.54, 1.807) is 0 Å². The van der Waals surface area contributed by atoms with Crippen LogP contribution in [0.25, 0.3) is 0 Å². The summed E-state index contributed by atoms with van der Waals surface area (Å²) >= 11 is 6.43. The zero-order valence-corrected chi connectivity index (χ0v) is 23.7. The monoisotopic (exact) mass is 489 g/mol. The van der Waals surface area contributed by atoms with Crippen LogP contribution < -0.4 is 5.32 Å². The molecule has 0 bridgehead atoms. The lowest BCUT2D eigenvalue weighted by atomic mass is 9.88. The first-order chi connectivity index (χ1) is 15.7. The van der Waals surface area contributed by atoms with E-state index in [4.69, 9.17) is 11.6 Å². The molecule has 0 heterocycles. The van der Waals surface area contributed by atoms with Crippen LogP contribution in [-0.4, -0.2) is 35.3 Å². The molecule has 0 rings (SSSR count). The van der Waals surface area contributed by atoms with Gasteiger partial charge in [0.2, 0.25) is 0 Å². The van der Waals surface area contributed by atoms with Gasteiger partial charge in [0.25, 0.3) is 0 Å². The van der Waals surface area contributed by atoms with Crippen molar-refractivity contribution in [2.24, 2.45) is 23.7 Å². The van der Waals surface area contributed by atoms with E-state index in [1.165, 1.54) is 32.1 Å². The quantitative estimate of drug-likeness (QED) is 0.125. The lowest BCUT2D eigenvalue weighted by molar-refractivity contribution is 0.134. The van der Waals surface area contributed by atoms with Gasteiger partial charge in [-0.05, 0) is 75.5 Å². The SMILES string of the molecule is CCCC(CC/C=C\C(O)[C@H](NC(C)CC(CC)CCCF)C(C)C)CCC(C)C(Cl)CC. The summed E-state index contributed by atoms with van der Waals surface area (Å²) < 4.78 is 12.6. The Bertz CT molecular complexity index is 473. The van der Waals surface area contributed by atoms with Crippen molar-refractivity contribution in [3.05, 3.63) is 12.2 Å². The highest BCUT2D eigenvalue weighted by atomic mass is 35.5. The van der Waals surface area contributed by atoms with Crippen molar-refractivity contribution in [2.45, 2.75) is 143 Å². The van der Waals surface area contributed by atoms with E-state index in [9.17, 15) is 9.50 Å². The van der Waals surface area contributed by atoms with Crippen molar-refractivity contribution in [2.75, 3.05) is 6.67 Å². The predicted molar refractivity (Wildman–Crippen MR) is 146 cm³/mol. The van der Waals surface area contributed by atoms with E-state index in [2.05, 4.69) is 59.9 Å². The Morgan fingerprint density at radius 2 is 1.61 bits per heavy atom. The number of nitrogens with one attached hydrogen (secondary N) is 1. The summed E-state index contributed by atoms with van der Waals surface area (Å²) in [6, 6.07) is 0.353. The number of hydrogen-bond donors (Lipinski definition) is 2. The molecule has 7 atom stereocenters. The molecule has 0 aromatic heterocycles. The molecule has 0 fully saturated rings. The van der Waals surface area contributed by atoms with Gasteiger partial charge in [-0.2, -0.15) is 0 Å². The molecule has 0 aliphatic heterocycles. The van der Waals surface area contributed by atoms with E-state index in [1.807, 2.05) is 6.08 Å². The summed E-state index contributed by atoms with van der Waals surface area (Å²) in [6.45, 7) is 15.2. The van der Waals surface area contributed by atoms with Gasteiger partial charge < -0.3 is 10.4 Å². The van der Waals surface area contributed by atoms with Gasteiger partial charge in [0.1, 0.15) is 0 Å². The highest BCUT2D eigenvalue weighted by Gasteiger charge is 2.23. The van der Waals surface area contributed by atoms with Crippen LogP contribution in [0, 0.1) is 23.7 Å². The van der Waals surface area contributed by atoms with Crippen LogP contribution in [0.3, 0.4) is 0 Å². The summed E-state index contributed by atoms with van der Waals surface area (Å²) in [7, 11) is 0. The average Bonchev–Trinajstić information content (AvgIpc) is 2.79. The van der Waals surface area contributed by atoms with Crippen LogP contribution in [0.1, 0.15) is 119 Å². The zero-order valence-electron chi connectivity index (χ0n) is 23.0. The molecule has 0 aromatic rings. The summed E-state index contributed by atoms with van der Waals surface area (Å²) in [5, 5.41) is 14.8. The minimum atomic E-state index is -0.482. The summed E-state index contributed by atoms with van der Waals surface area (Å²) in [5.74, 6) is 2.22. The average molecular weight is 490 g/mol. The molecule has 0 aliphatic carbocycles. The van der Waals surface area contributed by atoms with E-state index in [0.717, 1.165) is 38.0 Å². The maximum atomic E-state index is 12.6. The van der Waals surface area contributed by atoms with Gasteiger partial charge in [-0.1, -0.05) is 79.4 Å². The zero-order chi connectivity index (χ0) is 25.2. The molecule has 198 valence electrons. The van der Waals surface area contributed by atoms with Crippen LogP contribution >= 0.6 is 11.6 Å². The number of allylic oxidation sites excluding steroid dienone is 1. The number of halogens is 2. The van der Waals surface area contributed by atoms with Gasteiger partial charge in [-0.15, -0.1) is 11.6 Å². The number of aliphatic hydroxyl groups is 1. The predicted octanol–water partition coefficient (Wildman–Crippen LogP) is 8.70. The van der Waals surface area contributed by atoms with E-state index < -0.39 is 6.10 Å². The van der Waals surface area contributed by atoms with Crippen molar-refractivity contribution in [3.63, 3.8) is 0 Å².